The summed E-state index contributed by atoms with van der Waals surface area (Å²) in [6, 6.07) is 9.64. The van der Waals surface area contributed by atoms with Gasteiger partial charge in [0, 0.05) is 25.7 Å². The normalized spacial score (nSPS) is 14.4. The van der Waals surface area contributed by atoms with Crippen molar-refractivity contribution >= 4 is 11.8 Å². The standard InChI is InChI=1S/C17H19N3O3/c1-11-3-5-13(6-4-11)8-18-16(21)14-9-20(10-14)17(22)15-7-12(2)23-19-15/h3-7,14H,8-10H2,1-2H3,(H,18,21). The minimum absolute atomic E-state index is 0.0223. The van der Waals surface area contributed by atoms with Gasteiger partial charge in [-0.25, -0.2) is 0 Å². The predicted octanol–water partition coefficient (Wildman–Crippen LogP) is 1.68. The van der Waals surface area contributed by atoms with Crippen LogP contribution in [0, 0.1) is 19.8 Å². The molecule has 1 aromatic heterocycles. The van der Waals surface area contributed by atoms with Gasteiger partial charge in [-0.2, -0.15) is 0 Å². The van der Waals surface area contributed by atoms with E-state index >= 15 is 0 Å². The fraction of sp³-hybridized carbons (Fsp3) is 0.353. The second kappa shape index (κ2) is 6.24. The van der Waals surface area contributed by atoms with Crippen molar-refractivity contribution in [3.8, 4) is 0 Å². The lowest BCUT2D eigenvalue weighted by Gasteiger charge is -2.37. The van der Waals surface area contributed by atoms with E-state index in [1.807, 2.05) is 31.2 Å². The van der Waals surface area contributed by atoms with E-state index in [2.05, 4.69) is 10.5 Å². The SMILES string of the molecule is Cc1ccc(CNC(=O)C2CN(C(=O)c3cc(C)on3)C2)cc1. The third-order valence-electron chi connectivity index (χ3n) is 3.97. The van der Waals surface area contributed by atoms with Crippen molar-refractivity contribution in [3.63, 3.8) is 0 Å². The third-order valence-corrected chi connectivity index (χ3v) is 3.97. The molecular formula is C17H19N3O3. The smallest absolute Gasteiger partial charge is 0.276 e. The molecule has 0 bridgehead atoms. The number of aromatic nitrogens is 1. The van der Waals surface area contributed by atoms with Crippen LogP contribution in [0.2, 0.25) is 0 Å². The van der Waals surface area contributed by atoms with Crippen molar-refractivity contribution in [2.45, 2.75) is 20.4 Å². The maximum absolute atomic E-state index is 12.1. The second-order valence-electron chi connectivity index (χ2n) is 5.93. The molecule has 1 saturated heterocycles. The molecule has 120 valence electrons. The van der Waals surface area contributed by atoms with Crippen LogP contribution < -0.4 is 5.32 Å². The number of benzene rings is 1. The molecule has 0 aliphatic carbocycles. The number of nitrogens with zero attached hydrogens (tertiary/aromatic N) is 2. The Labute approximate surface area is 134 Å². The molecule has 1 fully saturated rings. The molecule has 6 nitrogen and oxygen atoms in total. The van der Waals surface area contributed by atoms with E-state index in [1.165, 1.54) is 5.56 Å². The zero-order valence-corrected chi connectivity index (χ0v) is 13.2. The summed E-state index contributed by atoms with van der Waals surface area (Å²) in [4.78, 5) is 25.8. The summed E-state index contributed by atoms with van der Waals surface area (Å²) in [6.07, 6.45) is 0. The van der Waals surface area contributed by atoms with Gasteiger partial charge in [-0.15, -0.1) is 0 Å². The highest BCUT2D eigenvalue weighted by Crippen LogP contribution is 2.19. The minimum atomic E-state index is -0.190. The van der Waals surface area contributed by atoms with E-state index < -0.39 is 0 Å². The molecule has 0 saturated carbocycles. The number of carbonyl (C=O) groups excluding carboxylic acids is 2. The fourth-order valence-corrected chi connectivity index (χ4v) is 2.48. The van der Waals surface area contributed by atoms with Gasteiger partial charge >= 0.3 is 0 Å². The van der Waals surface area contributed by atoms with Crippen LogP contribution in [0.3, 0.4) is 0 Å². The summed E-state index contributed by atoms with van der Waals surface area (Å²) in [6.45, 7) is 5.11. The topological polar surface area (TPSA) is 75.4 Å². The van der Waals surface area contributed by atoms with E-state index in [0.717, 1.165) is 5.56 Å². The van der Waals surface area contributed by atoms with E-state index in [9.17, 15) is 9.59 Å². The van der Waals surface area contributed by atoms with Gasteiger partial charge in [0.25, 0.3) is 5.91 Å². The molecule has 1 N–H and O–H groups in total. The highest BCUT2D eigenvalue weighted by molar-refractivity contribution is 5.94. The lowest BCUT2D eigenvalue weighted by atomic mass is 9.98. The molecule has 1 aromatic carbocycles. The molecule has 1 aliphatic heterocycles. The largest absolute Gasteiger partial charge is 0.361 e. The van der Waals surface area contributed by atoms with Crippen molar-refractivity contribution in [1.82, 2.24) is 15.4 Å². The van der Waals surface area contributed by atoms with Crippen LogP contribution in [0.15, 0.2) is 34.9 Å². The fourth-order valence-electron chi connectivity index (χ4n) is 2.48. The van der Waals surface area contributed by atoms with Crippen LogP contribution in [0.25, 0.3) is 0 Å². The monoisotopic (exact) mass is 313 g/mol. The van der Waals surface area contributed by atoms with Crippen LogP contribution in [-0.4, -0.2) is 35.0 Å². The maximum Gasteiger partial charge on any atom is 0.276 e. The zero-order chi connectivity index (χ0) is 16.4. The summed E-state index contributed by atoms with van der Waals surface area (Å²) in [5.74, 6) is 0.231. The van der Waals surface area contributed by atoms with E-state index in [4.69, 9.17) is 4.52 Å². The molecular weight excluding hydrogens is 294 g/mol. The van der Waals surface area contributed by atoms with Gasteiger partial charge in [0.1, 0.15) is 5.76 Å². The van der Waals surface area contributed by atoms with Gasteiger partial charge < -0.3 is 14.7 Å². The van der Waals surface area contributed by atoms with Crippen LogP contribution in [-0.2, 0) is 11.3 Å². The number of carbonyl (C=O) groups is 2. The number of hydrogen-bond acceptors (Lipinski definition) is 4. The Bertz CT molecular complexity index is 715. The molecule has 23 heavy (non-hydrogen) atoms. The van der Waals surface area contributed by atoms with Gasteiger partial charge in [0.2, 0.25) is 5.91 Å². The molecule has 2 amide bonds. The molecule has 0 spiro atoms. The Kier molecular flexibility index (Phi) is 4.14. The lowest BCUT2D eigenvalue weighted by Crippen LogP contribution is -2.55. The maximum atomic E-state index is 12.1. The summed E-state index contributed by atoms with van der Waals surface area (Å²) >= 11 is 0. The Morgan fingerprint density at radius 2 is 1.96 bits per heavy atom. The molecule has 1 aliphatic rings. The highest BCUT2D eigenvalue weighted by Gasteiger charge is 2.36. The van der Waals surface area contributed by atoms with Gasteiger partial charge in [-0.05, 0) is 19.4 Å². The molecule has 3 rings (SSSR count). The van der Waals surface area contributed by atoms with Crippen molar-refractivity contribution in [1.29, 1.82) is 0 Å². The number of aryl methyl sites for hydroxylation is 2. The Hall–Kier alpha value is -2.63. The van der Waals surface area contributed by atoms with Crippen molar-refractivity contribution < 1.29 is 14.1 Å². The first-order valence-corrected chi connectivity index (χ1v) is 7.59. The summed E-state index contributed by atoms with van der Waals surface area (Å²) < 4.78 is 4.90. The Balaban J connectivity index is 1.46. The van der Waals surface area contributed by atoms with Crippen molar-refractivity contribution in [2.24, 2.45) is 5.92 Å². The number of rotatable bonds is 4. The first-order chi connectivity index (χ1) is 11.0. The van der Waals surface area contributed by atoms with E-state index in [-0.39, 0.29) is 17.7 Å². The zero-order valence-electron chi connectivity index (χ0n) is 13.2. The molecule has 0 radical (unpaired) electrons. The average Bonchev–Trinajstić information content (AvgIpc) is 2.91. The van der Waals surface area contributed by atoms with Gasteiger partial charge in [0.05, 0.1) is 5.92 Å². The first kappa shape index (κ1) is 15.3. The van der Waals surface area contributed by atoms with Crippen molar-refractivity contribution in [3.05, 3.63) is 52.9 Å². The number of hydrogen-bond donors (Lipinski definition) is 1. The second-order valence-corrected chi connectivity index (χ2v) is 5.93. The number of likely N-dealkylation sites (tertiary alicyclic amines) is 1. The minimum Gasteiger partial charge on any atom is -0.361 e. The van der Waals surface area contributed by atoms with Gasteiger partial charge in [-0.1, -0.05) is 35.0 Å². The molecule has 0 atom stereocenters. The van der Waals surface area contributed by atoms with Crippen LogP contribution in [0.4, 0.5) is 0 Å². The summed E-state index contributed by atoms with van der Waals surface area (Å²) in [5, 5.41) is 6.62. The van der Waals surface area contributed by atoms with Crippen LogP contribution in [0.1, 0.15) is 27.4 Å². The lowest BCUT2D eigenvalue weighted by molar-refractivity contribution is -0.129. The first-order valence-electron chi connectivity index (χ1n) is 7.59. The summed E-state index contributed by atoms with van der Waals surface area (Å²) in [7, 11) is 0. The highest BCUT2D eigenvalue weighted by atomic mass is 16.5. The Morgan fingerprint density at radius 1 is 1.26 bits per heavy atom. The molecule has 2 aromatic rings. The molecule has 6 heteroatoms. The van der Waals surface area contributed by atoms with Gasteiger partial charge in [0.15, 0.2) is 5.69 Å². The van der Waals surface area contributed by atoms with Crippen LogP contribution in [0.5, 0.6) is 0 Å². The Morgan fingerprint density at radius 3 is 2.57 bits per heavy atom. The number of amides is 2. The van der Waals surface area contributed by atoms with Crippen molar-refractivity contribution in [2.75, 3.05) is 13.1 Å². The van der Waals surface area contributed by atoms with E-state index in [1.54, 1.807) is 17.9 Å². The predicted molar refractivity (Wildman–Crippen MR) is 83.7 cm³/mol. The quantitative estimate of drug-likeness (QED) is 0.932. The van der Waals surface area contributed by atoms with Gasteiger partial charge in [-0.3, -0.25) is 9.59 Å². The number of nitrogens with one attached hydrogen (secondary N) is 1. The third kappa shape index (κ3) is 3.41. The van der Waals surface area contributed by atoms with Crippen LogP contribution >= 0.6 is 0 Å². The summed E-state index contributed by atoms with van der Waals surface area (Å²) in [5.41, 5.74) is 2.55. The average molecular weight is 313 g/mol. The molecule has 0 unspecified atom stereocenters. The van der Waals surface area contributed by atoms with E-state index in [0.29, 0.717) is 31.1 Å². The molecule has 2 heterocycles.